The van der Waals surface area contributed by atoms with Crippen LogP contribution in [-0.4, -0.2) is 0 Å². The van der Waals surface area contributed by atoms with Crippen molar-refractivity contribution in [2.75, 3.05) is 0 Å². The first-order valence-electron chi connectivity index (χ1n) is 3.15. The molecule has 1 aromatic rings. The maximum atomic E-state index is 12.8. The van der Waals surface area contributed by atoms with E-state index in [1.54, 1.807) is 6.92 Å². The number of aryl methyl sites for hydroxylation is 1. The van der Waals surface area contributed by atoms with E-state index in [1.807, 2.05) is 0 Å². The Kier molecular flexibility index (Phi) is 2.45. The van der Waals surface area contributed by atoms with Crippen molar-refractivity contribution in [1.82, 2.24) is 0 Å². The summed E-state index contributed by atoms with van der Waals surface area (Å²) in [5, 5.41) is -0.0161. The van der Waals surface area contributed by atoms with E-state index in [-0.39, 0.29) is 10.6 Å². The first-order valence-corrected chi connectivity index (χ1v) is 3.53. The molecule has 0 bridgehead atoms. The minimum absolute atomic E-state index is 0.0161. The second kappa shape index (κ2) is 3.18. The first kappa shape index (κ1) is 8.47. The lowest BCUT2D eigenvalue weighted by molar-refractivity contribution is 0.463. The van der Waals surface area contributed by atoms with Crippen LogP contribution in [0.15, 0.2) is 12.1 Å². The normalized spacial score (nSPS) is 10.2. The van der Waals surface area contributed by atoms with Crippen LogP contribution < -0.4 is 0 Å². The molecule has 0 N–H and O–H groups in total. The summed E-state index contributed by atoms with van der Waals surface area (Å²) in [6, 6.07) is 2.91. The second-order valence-electron chi connectivity index (χ2n) is 2.35. The highest BCUT2D eigenvalue weighted by atomic mass is 35.5. The van der Waals surface area contributed by atoms with Gasteiger partial charge < -0.3 is 0 Å². The molecule has 0 aliphatic heterocycles. The van der Waals surface area contributed by atoms with Gasteiger partial charge in [0.1, 0.15) is 12.5 Å². The molecule has 0 amide bonds. The van der Waals surface area contributed by atoms with Gasteiger partial charge in [-0.2, -0.15) is 0 Å². The molecule has 0 aromatic heterocycles. The summed E-state index contributed by atoms with van der Waals surface area (Å²) in [4.78, 5) is 0. The number of benzene rings is 1. The van der Waals surface area contributed by atoms with Gasteiger partial charge in [0.05, 0.1) is 5.02 Å². The lowest BCUT2D eigenvalue weighted by Crippen LogP contribution is -1.89. The van der Waals surface area contributed by atoms with Crippen LogP contribution in [0.3, 0.4) is 0 Å². The van der Waals surface area contributed by atoms with Crippen molar-refractivity contribution in [3.8, 4) is 0 Å². The van der Waals surface area contributed by atoms with Crippen molar-refractivity contribution in [2.45, 2.75) is 13.6 Å². The van der Waals surface area contributed by atoms with E-state index in [2.05, 4.69) is 0 Å². The van der Waals surface area contributed by atoms with E-state index in [0.717, 1.165) is 5.56 Å². The highest BCUT2D eigenvalue weighted by Crippen LogP contribution is 2.20. The summed E-state index contributed by atoms with van der Waals surface area (Å²) < 4.78 is 24.9. The van der Waals surface area contributed by atoms with Gasteiger partial charge in [0.25, 0.3) is 0 Å². The number of halogens is 3. The maximum absolute atomic E-state index is 12.8. The Hall–Kier alpha value is -0.630. The monoisotopic (exact) mass is 176 g/mol. The quantitative estimate of drug-likeness (QED) is 0.616. The maximum Gasteiger partial charge on any atom is 0.147 e. The van der Waals surface area contributed by atoms with Crippen molar-refractivity contribution in [2.24, 2.45) is 0 Å². The van der Waals surface area contributed by atoms with Gasteiger partial charge in [0.2, 0.25) is 0 Å². The minimum Gasteiger partial charge on any atom is -0.246 e. The van der Waals surface area contributed by atoms with Crippen LogP contribution >= 0.6 is 11.6 Å². The predicted octanol–water partition coefficient (Wildman–Crippen LogP) is 3.26. The Balaban J connectivity index is 3.24. The standard InChI is InChI=1S/C8H7ClF2/c1-5-2-6(4-10)8(11)7(9)3-5/h2-3H,4H2,1H3. The van der Waals surface area contributed by atoms with Crippen LogP contribution in [0.2, 0.25) is 5.02 Å². The minimum atomic E-state index is -0.812. The Morgan fingerprint density at radius 3 is 2.64 bits per heavy atom. The molecule has 0 saturated carbocycles. The van der Waals surface area contributed by atoms with Gasteiger partial charge in [-0.1, -0.05) is 17.7 Å². The molecule has 0 aliphatic carbocycles. The van der Waals surface area contributed by atoms with Gasteiger partial charge in [-0.15, -0.1) is 0 Å². The smallest absolute Gasteiger partial charge is 0.147 e. The molecule has 0 unspecified atom stereocenters. The molecular weight excluding hydrogens is 170 g/mol. The number of rotatable bonds is 1. The number of hydrogen-bond donors (Lipinski definition) is 0. The molecule has 0 saturated heterocycles. The molecular formula is C8H7ClF2. The van der Waals surface area contributed by atoms with Gasteiger partial charge in [0, 0.05) is 5.56 Å². The van der Waals surface area contributed by atoms with Gasteiger partial charge in [-0.05, 0) is 18.6 Å². The third-order valence-electron chi connectivity index (χ3n) is 1.39. The molecule has 3 heteroatoms. The van der Waals surface area contributed by atoms with Crippen molar-refractivity contribution in [3.63, 3.8) is 0 Å². The Morgan fingerprint density at radius 2 is 2.09 bits per heavy atom. The summed E-state index contributed by atoms with van der Waals surface area (Å²) >= 11 is 5.46. The third-order valence-corrected chi connectivity index (χ3v) is 1.67. The molecule has 0 heterocycles. The van der Waals surface area contributed by atoms with Crippen LogP contribution in [0, 0.1) is 12.7 Å². The first-order chi connectivity index (χ1) is 5.15. The zero-order valence-electron chi connectivity index (χ0n) is 6.00. The van der Waals surface area contributed by atoms with Gasteiger partial charge >= 0.3 is 0 Å². The van der Waals surface area contributed by atoms with Crippen LogP contribution in [-0.2, 0) is 6.67 Å². The van der Waals surface area contributed by atoms with Crippen LogP contribution in [0.5, 0.6) is 0 Å². The van der Waals surface area contributed by atoms with E-state index in [1.165, 1.54) is 12.1 Å². The van der Waals surface area contributed by atoms with Gasteiger partial charge in [-0.25, -0.2) is 8.78 Å². The van der Waals surface area contributed by atoms with E-state index < -0.39 is 12.5 Å². The number of alkyl halides is 1. The van der Waals surface area contributed by atoms with Crippen molar-refractivity contribution in [3.05, 3.63) is 34.1 Å². The fourth-order valence-corrected chi connectivity index (χ4v) is 1.19. The van der Waals surface area contributed by atoms with Gasteiger partial charge in [0.15, 0.2) is 0 Å². The molecule has 0 aliphatic rings. The molecule has 0 nitrogen and oxygen atoms in total. The van der Waals surface area contributed by atoms with Crippen LogP contribution in [0.4, 0.5) is 8.78 Å². The zero-order chi connectivity index (χ0) is 8.43. The lowest BCUT2D eigenvalue weighted by atomic mass is 10.1. The average Bonchev–Trinajstić information content (AvgIpc) is 1.96. The molecule has 1 aromatic carbocycles. The second-order valence-corrected chi connectivity index (χ2v) is 2.76. The summed E-state index contributed by atoms with van der Waals surface area (Å²) in [6.07, 6.45) is 0. The highest BCUT2D eigenvalue weighted by Gasteiger charge is 2.06. The van der Waals surface area contributed by atoms with E-state index in [4.69, 9.17) is 11.6 Å². The van der Waals surface area contributed by atoms with Crippen molar-refractivity contribution in [1.29, 1.82) is 0 Å². The Bertz CT molecular complexity index is 271. The van der Waals surface area contributed by atoms with Crippen LogP contribution in [0.1, 0.15) is 11.1 Å². The molecule has 1 rings (SSSR count). The fraction of sp³-hybridized carbons (Fsp3) is 0.250. The SMILES string of the molecule is Cc1cc(Cl)c(F)c(CF)c1. The van der Waals surface area contributed by atoms with Crippen molar-refractivity contribution < 1.29 is 8.78 Å². The molecule has 0 radical (unpaired) electrons. The molecule has 0 spiro atoms. The topological polar surface area (TPSA) is 0 Å². The summed E-state index contributed by atoms with van der Waals surface area (Å²) in [5.74, 6) is -0.653. The molecule has 0 atom stereocenters. The van der Waals surface area contributed by atoms with Crippen molar-refractivity contribution >= 4 is 11.6 Å². The summed E-state index contributed by atoms with van der Waals surface area (Å²) in [6.45, 7) is 0.928. The highest BCUT2D eigenvalue weighted by molar-refractivity contribution is 6.30. The molecule has 60 valence electrons. The van der Waals surface area contributed by atoms with E-state index in [9.17, 15) is 8.78 Å². The Labute approximate surface area is 68.8 Å². The van der Waals surface area contributed by atoms with E-state index >= 15 is 0 Å². The molecule has 0 fully saturated rings. The zero-order valence-corrected chi connectivity index (χ0v) is 6.75. The summed E-state index contributed by atoms with van der Waals surface area (Å²) in [5.41, 5.74) is 0.791. The number of hydrogen-bond acceptors (Lipinski definition) is 0. The molecule has 11 heavy (non-hydrogen) atoms. The summed E-state index contributed by atoms with van der Waals surface area (Å²) in [7, 11) is 0. The lowest BCUT2D eigenvalue weighted by Gasteiger charge is -2.01. The largest absolute Gasteiger partial charge is 0.246 e. The fourth-order valence-electron chi connectivity index (χ4n) is 0.894. The van der Waals surface area contributed by atoms with Crippen LogP contribution in [0.25, 0.3) is 0 Å². The average molecular weight is 177 g/mol. The third kappa shape index (κ3) is 1.69. The predicted molar refractivity (Wildman–Crippen MR) is 41.0 cm³/mol. The Morgan fingerprint density at radius 1 is 1.45 bits per heavy atom. The van der Waals surface area contributed by atoms with E-state index in [0.29, 0.717) is 0 Å². The van der Waals surface area contributed by atoms with Gasteiger partial charge in [-0.3, -0.25) is 0 Å².